The molecule has 2 aliphatic rings. The predicted octanol–water partition coefficient (Wildman–Crippen LogP) is 5.45. The molecule has 0 aromatic heterocycles. The van der Waals surface area contributed by atoms with Gasteiger partial charge in [-0.15, -0.1) is 0 Å². The third-order valence-corrected chi connectivity index (χ3v) is 7.19. The van der Waals surface area contributed by atoms with Crippen molar-refractivity contribution < 1.29 is 14.0 Å². The summed E-state index contributed by atoms with van der Waals surface area (Å²) in [5, 5.41) is 0. The monoisotopic (exact) mass is 456 g/mol. The number of aryl methyl sites for hydroxylation is 1. The van der Waals surface area contributed by atoms with E-state index in [2.05, 4.69) is 31.2 Å². The zero-order chi connectivity index (χ0) is 23.7. The van der Waals surface area contributed by atoms with Crippen LogP contribution in [0.5, 0.6) is 0 Å². The zero-order valence-electron chi connectivity index (χ0n) is 19.4. The van der Waals surface area contributed by atoms with E-state index in [0.29, 0.717) is 31.6 Å². The first-order chi connectivity index (χ1) is 16.5. The van der Waals surface area contributed by atoms with Crippen LogP contribution in [-0.4, -0.2) is 40.7 Å². The van der Waals surface area contributed by atoms with Crippen molar-refractivity contribution in [3.8, 4) is 11.1 Å². The molecule has 0 aliphatic carbocycles. The summed E-state index contributed by atoms with van der Waals surface area (Å²) in [7, 11) is 0. The molecule has 5 heteroatoms. The van der Waals surface area contributed by atoms with Gasteiger partial charge < -0.3 is 9.80 Å². The minimum atomic E-state index is -0.285. The summed E-state index contributed by atoms with van der Waals surface area (Å²) in [6.07, 6.45) is 2.02. The maximum absolute atomic E-state index is 13.6. The molecular formula is C29H29FN2O2. The molecule has 3 aromatic carbocycles. The highest BCUT2D eigenvalue weighted by Gasteiger charge is 2.40. The Morgan fingerprint density at radius 1 is 0.971 bits per heavy atom. The molecule has 0 unspecified atom stereocenters. The maximum atomic E-state index is 13.6. The van der Waals surface area contributed by atoms with Crippen molar-refractivity contribution in [2.24, 2.45) is 5.92 Å². The van der Waals surface area contributed by atoms with Crippen molar-refractivity contribution in [3.05, 3.63) is 95.3 Å². The van der Waals surface area contributed by atoms with Crippen LogP contribution >= 0.6 is 0 Å². The number of hydrogen-bond acceptors (Lipinski definition) is 2. The summed E-state index contributed by atoms with van der Waals surface area (Å²) < 4.78 is 13.6. The van der Waals surface area contributed by atoms with Gasteiger partial charge in [0.2, 0.25) is 5.91 Å². The molecule has 0 radical (unpaired) electrons. The van der Waals surface area contributed by atoms with Gasteiger partial charge in [0.15, 0.2) is 0 Å². The normalized spacial score (nSPS) is 20.2. The van der Waals surface area contributed by atoms with Crippen LogP contribution in [-0.2, 0) is 11.3 Å². The lowest BCUT2D eigenvalue weighted by Crippen LogP contribution is -2.56. The van der Waals surface area contributed by atoms with Gasteiger partial charge in [0.05, 0.1) is 0 Å². The lowest BCUT2D eigenvalue weighted by Gasteiger charge is -2.47. The van der Waals surface area contributed by atoms with Gasteiger partial charge in [-0.3, -0.25) is 9.59 Å². The van der Waals surface area contributed by atoms with Crippen molar-refractivity contribution >= 4 is 11.8 Å². The fraction of sp³-hybridized carbons (Fsp3) is 0.310. The Kier molecular flexibility index (Phi) is 6.18. The summed E-state index contributed by atoms with van der Waals surface area (Å²) in [6.45, 7) is 3.76. The van der Waals surface area contributed by atoms with Crippen LogP contribution in [0.4, 0.5) is 4.39 Å². The van der Waals surface area contributed by atoms with Gasteiger partial charge in [-0.2, -0.15) is 0 Å². The molecule has 2 saturated heterocycles. The van der Waals surface area contributed by atoms with Crippen LogP contribution in [0.15, 0.2) is 72.8 Å². The molecule has 0 bridgehead atoms. The molecule has 174 valence electrons. The molecule has 2 heterocycles. The molecule has 34 heavy (non-hydrogen) atoms. The van der Waals surface area contributed by atoms with Crippen LogP contribution in [0.3, 0.4) is 0 Å². The Labute approximate surface area is 200 Å². The molecule has 2 fully saturated rings. The summed E-state index contributed by atoms with van der Waals surface area (Å²) in [4.78, 5) is 29.8. The SMILES string of the molecule is Cc1ccc(-c2ccc(C(=O)N3CC[C@H]4[C@H](CCC(=O)N4Cc4cccc(F)c4)C3)cc2)cc1. The number of benzene rings is 3. The van der Waals surface area contributed by atoms with Crippen LogP contribution in [0.25, 0.3) is 11.1 Å². The number of carbonyl (C=O) groups excluding carboxylic acids is 2. The van der Waals surface area contributed by atoms with Gasteiger partial charge in [-0.1, -0.05) is 54.1 Å². The number of fused-ring (bicyclic) bond motifs is 1. The minimum Gasteiger partial charge on any atom is -0.338 e. The maximum Gasteiger partial charge on any atom is 0.253 e. The van der Waals surface area contributed by atoms with Crippen LogP contribution < -0.4 is 0 Å². The molecule has 0 saturated carbocycles. The van der Waals surface area contributed by atoms with E-state index in [-0.39, 0.29) is 29.6 Å². The number of amides is 2. The number of halogens is 1. The minimum absolute atomic E-state index is 0.0440. The Morgan fingerprint density at radius 3 is 2.38 bits per heavy atom. The fourth-order valence-corrected chi connectivity index (χ4v) is 5.31. The summed E-state index contributed by atoms with van der Waals surface area (Å²) in [6, 6.07) is 22.7. The molecule has 2 atom stereocenters. The van der Waals surface area contributed by atoms with E-state index in [1.165, 1.54) is 17.7 Å². The Hall–Kier alpha value is -3.47. The standard InChI is InChI=1S/C29H29FN2O2/c1-20-5-7-22(8-6-20)23-9-11-24(12-10-23)29(34)31-16-15-27-25(19-31)13-14-28(33)32(27)18-21-3-2-4-26(30)17-21/h2-12,17,25,27H,13-16,18-19H2,1H3/t25-,27+/m1/s1. The lowest BCUT2D eigenvalue weighted by atomic mass is 9.83. The number of likely N-dealkylation sites (tertiary alicyclic amines) is 2. The molecule has 2 aliphatic heterocycles. The second-order valence-electron chi connectivity index (χ2n) is 9.50. The van der Waals surface area contributed by atoms with Crippen molar-refractivity contribution in [2.75, 3.05) is 13.1 Å². The molecule has 0 spiro atoms. The third-order valence-electron chi connectivity index (χ3n) is 7.19. The van der Waals surface area contributed by atoms with E-state index in [4.69, 9.17) is 0 Å². The van der Waals surface area contributed by atoms with Gasteiger partial charge in [0.1, 0.15) is 5.82 Å². The molecule has 3 aromatic rings. The number of piperidine rings is 2. The van der Waals surface area contributed by atoms with Gasteiger partial charge in [0, 0.05) is 37.7 Å². The van der Waals surface area contributed by atoms with Crippen molar-refractivity contribution in [1.29, 1.82) is 0 Å². The van der Waals surface area contributed by atoms with Gasteiger partial charge in [-0.25, -0.2) is 4.39 Å². The van der Waals surface area contributed by atoms with Crippen molar-refractivity contribution in [2.45, 2.75) is 38.8 Å². The number of hydrogen-bond donors (Lipinski definition) is 0. The number of nitrogens with zero attached hydrogens (tertiary/aromatic N) is 2. The number of rotatable bonds is 4. The van der Waals surface area contributed by atoms with Crippen molar-refractivity contribution in [1.82, 2.24) is 9.80 Å². The topological polar surface area (TPSA) is 40.6 Å². The first kappa shape index (κ1) is 22.3. The van der Waals surface area contributed by atoms with Crippen LogP contribution in [0, 0.1) is 18.7 Å². The van der Waals surface area contributed by atoms with E-state index in [0.717, 1.165) is 29.5 Å². The largest absolute Gasteiger partial charge is 0.338 e. The summed E-state index contributed by atoms with van der Waals surface area (Å²) in [5.74, 6) is 0.127. The average Bonchev–Trinajstić information content (AvgIpc) is 2.86. The fourth-order valence-electron chi connectivity index (χ4n) is 5.31. The number of carbonyl (C=O) groups is 2. The lowest BCUT2D eigenvalue weighted by molar-refractivity contribution is -0.141. The smallest absolute Gasteiger partial charge is 0.253 e. The Bertz CT molecular complexity index is 1190. The molecule has 4 nitrogen and oxygen atoms in total. The van der Waals surface area contributed by atoms with Crippen LogP contribution in [0.2, 0.25) is 0 Å². The first-order valence-electron chi connectivity index (χ1n) is 12.0. The second-order valence-corrected chi connectivity index (χ2v) is 9.50. The Morgan fingerprint density at radius 2 is 1.68 bits per heavy atom. The van der Waals surface area contributed by atoms with E-state index < -0.39 is 0 Å². The third kappa shape index (κ3) is 4.60. The molecule has 2 amide bonds. The van der Waals surface area contributed by atoms with E-state index >= 15 is 0 Å². The predicted molar refractivity (Wildman–Crippen MR) is 131 cm³/mol. The average molecular weight is 457 g/mol. The van der Waals surface area contributed by atoms with Crippen LogP contribution in [0.1, 0.15) is 40.7 Å². The van der Waals surface area contributed by atoms with Gasteiger partial charge >= 0.3 is 0 Å². The highest BCUT2D eigenvalue weighted by atomic mass is 19.1. The summed E-state index contributed by atoms with van der Waals surface area (Å²) in [5.41, 5.74) is 4.95. The highest BCUT2D eigenvalue weighted by molar-refractivity contribution is 5.95. The molecular weight excluding hydrogens is 427 g/mol. The highest BCUT2D eigenvalue weighted by Crippen LogP contribution is 2.33. The van der Waals surface area contributed by atoms with Gasteiger partial charge in [0.25, 0.3) is 5.91 Å². The van der Waals surface area contributed by atoms with E-state index in [1.807, 2.05) is 40.1 Å². The van der Waals surface area contributed by atoms with Crippen molar-refractivity contribution in [3.63, 3.8) is 0 Å². The molecule has 5 rings (SSSR count). The second kappa shape index (κ2) is 9.41. The van der Waals surface area contributed by atoms with E-state index in [9.17, 15) is 14.0 Å². The summed E-state index contributed by atoms with van der Waals surface area (Å²) >= 11 is 0. The van der Waals surface area contributed by atoms with E-state index in [1.54, 1.807) is 6.07 Å². The van der Waals surface area contributed by atoms with Gasteiger partial charge in [-0.05, 0) is 66.6 Å². The molecule has 0 N–H and O–H groups in total. The zero-order valence-corrected chi connectivity index (χ0v) is 19.4. The Balaban J connectivity index is 1.26. The first-order valence-corrected chi connectivity index (χ1v) is 12.0. The quantitative estimate of drug-likeness (QED) is 0.524.